The third-order valence-electron chi connectivity index (χ3n) is 4.73. The van der Waals surface area contributed by atoms with Crippen molar-refractivity contribution in [3.63, 3.8) is 0 Å². The van der Waals surface area contributed by atoms with Gasteiger partial charge in [0.25, 0.3) is 0 Å². The molecule has 1 atom stereocenters. The van der Waals surface area contributed by atoms with Gasteiger partial charge in [-0.15, -0.1) is 0 Å². The summed E-state index contributed by atoms with van der Waals surface area (Å²) in [5, 5.41) is 8.99. The van der Waals surface area contributed by atoms with E-state index in [2.05, 4.69) is 10.4 Å². The monoisotopic (exact) mass is 372 g/mol. The van der Waals surface area contributed by atoms with Gasteiger partial charge in [0.05, 0.1) is 16.2 Å². The maximum atomic E-state index is 13.7. The number of benzene rings is 2. The predicted octanol–water partition coefficient (Wildman–Crippen LogP) is 3.04. The van der Waals surface area contributed by atoms with E-state index in [0.29, 0.717) is 30.2 Å². The number of carbonyl (C=O) groups excluding carboxylic acids is 1. The number of aryl methyl sites for hydroxylation is 1. The molecule has 3 aromatic rings. The highest BCUT2D eigenvalue weighted by Gasteiger charge is 2.32. The van der Waals surface area contributed by atoms with E-state index in [4.69, 9.17) is 11.6 Å². The van der Waals surface area contributed by atoms with E-state index in [1.54, 1.807) is 16.8 Å². The van der Waals surface area contributed by atoms with Crippen LogP contribution >= 0.6 is 11.6 Å². The first-order valence-electron chi connectivity index (χ1n) is 8.42. The van der Waals surface area contributed by atoms with E-state index in [9.17, 15) is 9.18 Å². The molecule has 1 N–H and O–H groups in total. The van der Waals surface area contributed by atoms with Gasteiger partial charge in [0, 0.05) is 32.1 Å². The van der Waals surface area contributed by atoms with Crippen molar-refractivity contribution in [2.24, 2.45) is 7.05 Å². The Morgan fingerprint density at radius 1 is 1.31 bits per heavy atom. The Bertz CT molecular complexity index is 987. The summed E-state index contributed by atoms with van der Waals surface area (Å²) in [7, 11) is 1.87. The summed E-state index contributed by atoms with van der Waals surface area (Å²) in [6.07, 6.45) is 0. The summed E-state index contributed by atoms with van der Waals surface area (Å²) in [6, 6.07) is 11.3. The Labute approximate surface area is 155 Å². The smallest absolute Gasteiger partial charge is 0.242 e. The normalized spacial score (nSPS) is 18.3. The zero-order valence-electron chi connectivity index (χ0n) is 14.2. The molecule has 134 valence electrons. The van der Waals surface area contributed by atoms with E-state index in [1.807, 2.05) is 30.1 Å². The third-order valence-corrected chi connectivity index (χ3v) is 5.04. The topological polar surface area (TPSA) is 50.2 Å². The summed E-state index contributed by atoms with van der Waals surface area (Å²) in [6.45, 7) is 1.65. The molecule has 1 amide bonds. The Morgan fingerprint density at radius 3 is 2.92 bits per heavy atom. The average molecular weight is 373 g/mol. The van der Waals surface area contributed by atoms with Crippen LogP contribution in [0.25, 0.3) is 10.9 Å². The molecule has 4 rings (SSSR count). The molecule has 0 saturated carbocycles. The summed E-state index contributed by atoms with van der Waals surface area (Å²) in [5.41, 5.74) is 2.38. The molecule has 1 aliphatic rings. The molecule has 26 heavy (non-hydrogen) atoms. The summed E-state index contributed by atoms with van der Waals surface area (Å²) in [5.74, 6) is -0.486. The van der Waals surface area contributed by atoms with Crippen molar-refractivity contribution in [1.29, 1.82) is 0 Å². The van der Waals surface area contributed by atoms with E-state index < -0.39 is 6.04 Å². The van der Waals surface area contributed by atoms with Gasteiger partial charge in [0.1, 0.15) is 11.9 Å². The van der Waals surface area contributed by atoms with E-state index in [1.165, 1.54) is 12.1 Å². The zero-order valence-corrected chi connectivity index (χ0v) is 15.0. The van der Waals surface area contributed by atoms with Gasteiger partial charge in [-0.05, 0) is 29.8 Å². The first kappa shape index (κ1) is 17.0. The number of carbonyl (C=O) groups is 1. The molecule has 1 saturated heterocycles. The third kappa shape index (κ3) is 2.95. The first-order valence-corrected chi connectivity index (χ1v) is 8.79. The number of aromatic nitrogens is 2. The molecule has 7 heteroatoms. The Morgan fingerprint density at radius 2 is 2.12 bits per heavy atom. The number of hydrogen-bond donors (Lipinski definition) is 1. The summed E-state index contributed by atoms with van der Waals surface area (Å²) in [4.78, 5) is 14.5. The zero-order chi connectivity index (χ0) is 18.3. The largest absolute Gasteiger partial charge is 0.353 e. The lowest BCUT2D eigenvalue weighted by atomic mass is 10.0. The van der Waals surface area contributed by atoms with Crippen molar-refractivity contribution in [2.45, 2.75) is 12.6 Å². The van der Waals surface area contributed by atoms with Crippen LogP contribution in [0.1, 0.15) is 17.3 Å². The molecular formula is C19H18ClFN4O. The van der Waals surface area contributed by atoms with Crippen LogP contribution in [0.3, 0.4) is 0 Å². The van der Waals surface area contributed by atoms with Crippen molar-refractivity contribution in [3.8, 4) is 0 Å². The van der Waals surface area contributed by atoms with Gasteiger partial charge < -0.3 is 5.32 Å². The fourth-order valence-corrected chi connectivity index (χ4v) is 3.86. The van der Waals surface area contributed by atoms with Crippen LogP contribution in [-0.4, -0.2) is 33.7 Å². The molecule has 2 aromatic carbocycles. The minimum absolute atomic E-state index is 0.131. The number of amides is 1. The molecule has 0 radical (unpaired) electrons. The summed E-state index contributed by atoms with van der Waals surface area (Å²) < 4.78 is 15.5. The molecule has 0 aliphatic carbocycles. The second kappa shape index (κ2) is 6.70. The van der Waals surface area contributed by atoms with Crippen molar-refractivity contribution < 1.29 is 9.18 Å². The quantitative estimate of drug-likeness (QED) is 0.768. The molecule has 1 unspecified atom stereocenters. The van der Waals surface area contributed by atoms with Gasteiger partial charge in [0.2, 0.25) is 5.91 Å². The van der Waals surface area contributed by atoms with Crippen LogP contribution in [0.5, 0.6) is 0 Å². The van der Waals surface area contributed by atoms with Gasteiger partial charge in [-0.25, -0.2) is 4.39 Å². The average Bonchev–Trinajstić information content (AvgIpc) is 2.92. The lowest BCUT2D eigenvalue weighted by molar-refractivity contribution is -0.129. The maximum absolute atomic E-state index is 13.7. The second-order valence-electron chi connectivity index (χ2n) is 6.42. The second-order valence-corrected chi connectivity index (χ2v) is 6.83. The van der Waals surface area contributed by atoms with Gasteiger partial charge in [0.15, 0.2) is 0 Å². The van der Waals surface area contributed by atoms with Gasteiger partial charge >= 0.3 is 0 Å². The minimum Gasteiger partial charge on any atom is -0.353 e. The van der Waals surface area contributed by atoms with Crippen LogP contribution in [-0.2, 0) is 18.4 Å². The SMILES string of the molecule is Cn1nc(CN2CCNC(=O)C2c2cccc(F)c2)c2c(Cl)cccc21. The number of rotatable bonds is 3. The van der Waals surface area contributed by atoms with Crippen molar-refractivity contribution in [2.75, 3.05) is 13.1 Å². The highest BCUT2D eigenvalue weighted by molar-refractivity contribution is 6.35. The fourth-order valence-electron chi connectivity index (χ4n) is 3.58. The van der Waals surface area contributed by atoms with Crippen molar-refractivity contribution in [1.82, 2.24) is 20.0 Å². The number of hydrogen-bond acceptors (Lipinski definition) is 3. The number of halogens is 2. The molecule has 0 bridgehead atoms. The fraction of sp³-hybridized carbons (Fsp3) is 0.263. The standard InChI is InChI=1S/C19H18ClFN4O/c1-24-16-7-3-6-14(20)17(16)15(23-24)11-25-9-8-22-19(26)18(25)12-4-2-5-13(21)10-12/h2-7,10,18H,8-9,11H2,1H3,(H,22,26). The minimum atomic E-state index is -0.556. The van der Waals surface area contributed by atoms with Crippen molar-refractivity contribution in [3.05, 3.63) is 64.6 Å². The van der Waals surface area contributed by atoms with Crippen LogP contribution < -0.4 is 5.32 Å². The van der Waals surface area contributed by atoms with E-state index in [0.717, 1.165) is 16.6 Å². The first-order chi connectivity index (χ1) is 12.5. The molecule has 1 aromatic heterocycles. The Balaban J connectivity index is 1.73. The lowest BCUT2D eigenvalue weighted by Gasteiger charge is -2.34. The van der Waals surface area contributed by atoms with E-state index >= 15 is 0 Å². The van der Waals surface area contributed by atoms with Crippen LogP contribution in [0, 0.1) is 5.82 Å². The predicted molar refractivity (Wildman–Crippen MR) is 98.3 cm³/mol. The lowest BCUT2D eigenvalue weighted by Crippen LogP contribution is -2.49. The van der Waals surface area contributed by atoms with Gasteiger partial charge in [-0.2, -0.15) is 5.10 Å². The molecule has 5 nitrogen and oxygen atoms in total. The molecular weight excluding hydrogens is 355 g/mol. The number of nitrogens with zero attached hydrogens (tertiary/aromatic N) is 3. The molecule has 1 fully saturated rings. The van der Waals surface area contributed by atoms with Crippen LogP contribution in [0.15, 0.2) is 42.5 Å². The number of nitrogens with one attached hydrogen (secondary N) is 1. The maximum Gasteiger partial charge on any atom is 0.242 e. The van der Waals surface area contributed by atoms with E-state index in [-0.39, 0.29) is 11.7 Å². The van der Waals surface area contributed by atoms with Crippen LogP contribution in [0.4, 0.5) is 4.39 Å². The number of fused-ring (bicyclic) bond motifs is 1. The number of piperazine rings is 1. The van der Waals surface area contributed by atoms with Gasteiger partial charge in [-0.3, -0.25) is 14.4 Å². The Kier molecular flexibility index (Phi) is 4.38. The summed E-state index contributed by atoms with van der Waals surface area (Å²) >= 11 is 6.40. The molecule has 0 spiro atoms. The van der Waals surface area contributed by atoms with Crippen LogP contribution in [0.2, 0.25) is 5.02 Å². The molecule has 2 heterocycles. The Hall–Kier alpha value is -2.44. The highest BCUT2D eigenvalue weighted by atomic mass is 35.5. The molecule has 1 aliphatic heterocycles. The van der Waals surface area contributed by atoms with Gasteiger partial charge in [-0.1, -0.05) is 29.8 Å². The van der Waals surface area contributed by atoms with Crippen molar-refractivity contribution >= 4 is 28.4 Å². The highest BCUT2D eigenvalue weighted by Crippen LogP contribution is 2.30.